The maximum absolute atomic E-state index is 10.6. The van der Waals surface area contributed by atoms with Gasteiger partial charge >= 0.3 is 0 Å². The third-order valence-electron chi connectivity index (χ3n) is 4.80. The zero-order chi connectivity index (χ0) is 18.9. The molecular weight excluding hydrogens is 457 g/mol. The first kappa shape index (κ1) is 23.8. The van der Waals surface area contributed by atoms with Gasteiger partial charge in [-0.15, -0.1) is 24.0 Å². The molecule has 1 aliphatic rings. The highest BCUT2D eigenvalue weighted by Crippen LogP contribution is 2.27. The van der Waals surface area contributed by atoms with Crippen LogP contribution in [0, 0.1) is 5.92 Å². The first-order chi connectivity index (χ1) is 12.5. The number of nitrogens with zero attached hydrogens (tertiary/aromatic N) is 1. The molecule has 3 N–H and O–H groups in total. The third kappa shape index (κ3) is 7.73. The molecule has 27 heavy (non-hydrogen) atoms. The number of nitrogens with one attached hydrogen (secondary N) is 2. The summed E-state index contributed by atoms with van der Waals surface area (Å²) >= 11 is 0. The molecule has 1 fully saturated rings. The van der Waals surface area contributed by atoms with Crippen molar-refractivity contribution in [3.8, 4) is 11.5 Å². The fourth-order valence-electron chi connectivity index (χ4n) is 3.38. The van der Waals surface area contributed by atoms with Crippen LogP contribution in [0.25, 0.3) is 0 Å². The lowest BCUT2D eigenvalue weighted by molar-refractivity contribution is 0.186. The summed E-state index contributed by atoms with van der Waals surface area (Å²) < 4.78 is 10.5. The minimum Gasteiger partial charge on any atom is -0.497 e. The topological polar surface area (TPSA) is 75.1 Å². The molecule has 0 amide bonds. The van der Waals surface area contributed by atoms with Crippen molar-refractivity contribution >= 4 is 29.9 Å². The molecule has 1 aromatic carbocycles. The molecule has 3 atom stereocenters. The van der Waals surface area contributed by atoms with E-state index in [-0.39, 0.29) is 30.5 Å². The fourth-order valence-corrected chi connectivity index (χ4v) is 3.38. The second-order valence-electron chi connectivity index (χ2n) is 6.99. The Balaban J connectivity index is 0.00000364. The average molecular weight is 491 g/mol. The van der Waals surface area contributed by atoms with Gasteiger partial charge in [0.15, 0.2) is 5.96 Å². The standard InChI is InChI=1S/C20H33N3O3.HI/c1-5-21-20(23-16-8-6-7-14(2)9-16)22-13-19(24)15-10-17(25-3)12-18(11-15)26-4;/h10-12,14,16,19,24H,5-9,13H2,1-4H3,(H2,21,22,23);1H. The smallest absolute Gasteiger partial charge is 0.191 e. The molecule has 2 rings (SSSR count). The van der Waals surface area contributed by atoms with Crippen LogP contribution in [0.3, 0.4) is 0 Å². The van der Waals surface area contributed by atoms with Gasteiger partial charge in [-0.25, -0.2) is 0 Å². The number of methoxy groups -OCH3 is 2. The van der Waals surface area contributed by atoms with Crippen LogP contribution in [-0.2, 0) is 0 Å². The summed E-state index contributed by atoms with van der Waals surface area (Å²) in [6.07, 6.45) is 4.18. The van der Waals surface area contributed by atoms with Crippen molar-refractivity contribution in [2.75, 3.05) is 27.3 Å². The first-order valence-electron chi connectivity index (χ1n) is 9.51. The Kier molecular flexibility index (Phi) is 10.8. The summed E-state index contributed by atoms with van der Waals surface area (Å²) in [4.78, 5) is 4.58. The molecule has 0 saturated heterocycles. The molecule has 0 aliphatic heterocycles. The maximum atomic E-state index is 10.6. The Labute approximate surface area is 180 Å². The molecule has 0 aromatic heterocycles. The van der Waals surface area contributed by atoms with E-state index in [2.05, 4.69) is 22.5 Å². The maximum Gasteiger partial charge on any atom is 0.191 e. The van der Waals surface area contributed by atoms with Crippen LogP contribution in [0.1, 0.15) is 51.2 Å². The van der Waals surface area contributed by atoms with Gasteiger partial charge in [0.05, 0.1) is 26.9 Å². The molecule has 3 unspecified atom stereocenters. The number of ether oxygens (including phenoxy) is 2. The van der Waals surface area contributed by atoms with E-state index in [0.29, 0.717) is 17.5 Å². The van der Waals surface area contributed by atoms with E-state index in [1.165, 1.54) is 25.7 Å². The van der Waals surface area contributed by atoms with Crippen molar-refractivity contribution < 1.29 is 14.6 Å². The van der Waals surface area contributed by atoms with Crippen LogP contribution < -0.4 is 20.1 Å². The molecule has 0 radical (unpaired) electrons. The highest BCUT2D eigenvalue weighted by Gasteiger charge is 2.20. The third-order valence-corrected chi connectivity index (χ3v) is 4.80. The van der Waals surface area contributed by atoms with Gasteiger partial charge in [-0.3, -0.25) is 4.99 Å². The van der Waals surface area contributed by atoms with E-state index in [9.17, 15) is 5.11 Å². The van der Waals surface area contributed by atoms with Gasteiger partial charge in [0.2, 0.25) is 0 Å². The number of benzene rings is 1. The lowest BCUT2D eigenvalue weighted by Gasteiger charge is -2.29. The SMILES string of the molecule is CCNC(=NCC(O)c1cc(OC)cc(OC)c1)NC1CCCC(C)C1.I. The number of guanidine groups is 1. The van der Waals surface area contributed by atoms with Crippen molar-refractivity contribution in [2.24, 2.45) is 10.9 Å². The average Bonchev–Trinajstić information content (AvgIpc) is 2.65. The number of aliphatic hydroxyl groups excluding tert-OH is 1. The Bertz CT molecular complexity index is 576. The summed E-state index contributed by atoms with van der Waals surface area (Å²) in [7, 11) is 3.20. The van der Waals surface area contributed by atoms with Crippen molar-refractivity contribution in [1.29, 1.82) is 0 Å². The first-order valence-corrected chi connectivity index (χ1v) is 9.51. The molecule has 0 heterocycles. The lowest BCUT2D eigenvalue weighted by Crippen LogP contribution is -2.45. The van der Waals surface area contributed by atoms with Crippen LogP contribution in [0.5, 0.6) is 11.5 Å². The number of rotatable bonds is 7. The highest BCUT2D eigenvalue weighted by molar-refractivity contribution is 14.0. The Morgan fingerprint density at radius 1 is 1.22 bits per heavy atom. The minimum atomic E-state index is -0.722. The second kappa shape index (κ2) is 12.3. The van der Waals surface area contributed by atoms with Crippen molar-refractivity contribution in [1.82, 2.24) is 10.6 Å². The molecular formula is C20H34IN3O3. The van der Waals surface area contributed by atoms with E-state index in [0.717, 1.165) is 24.0 Å². The lowest BCUT2D eigenvalue weighted by atomic mass is 9.87. The zero-order valence-electron chi connectivity index (χ0n) is 16.8. The van der Waals surface area contributed by atoms with Gasteiger partial charge in [-0.05, 0) is 43.4 Å². The van der Waals surface area contributed by atoms with Crippen molar-refractivity contribution in [2.45, 2.75) is 51.7 Å². The van der Waals surface area contributed by atoms with Crippen LogP contribution in [0.2, 0.25) is 0 Å². The molecule has 6 nitrogen and oxygen atoms in total. The molecule has 154 valence electrons. The molecule has 1 saturated carbocycles. The van der Waals surface area contributed by atoms with Crippen LogP contribution in [0.15, 0.2) is 23.2 Å². The summed E-state index contributed by atoms with van der Waals surface area (Å²) in [5.74, 6) is 2.83. The van der Waals surface area contributed by atoms with E-state index in [4.69, 9.17) is 9.47 Å². The fraction of sp³-hybridized carbons (Fsp3) is 0.650. The largest absolute Gasteiger partial charge is 0.497 e. The predicted octanol–water partition coefficient (Wildman–Crippen LogP) is 3.49. The zero-order valence-corrected chi connectivity index (χ0v) is 19.2. The normalized spacial score (nSPS) is 21.0. The van der Waals surface area contributed by atoms with Crippen molar-refractivity contribution in [3.63, 3.8) is 0 Å². The van der Waals surface area contributed by atoms with Crippen LogP contribution in [-0.4, -0.2) is 44.4 Å². The Morgan fingerprint density at radius 2 is 1.89 bits per heavy atom. The van der Waals surface area contributed by atoms with E-state index < -0.39 is 6.10 Å². The summed E-state index contributed by atoms with van der Waals surface area (Å²) in [5, 5.41) is 17.3. The van der Waals surface area contributed by atoms with Crippen LogP contribution >= 0.6 is 24.0 Å². The monoisotopic (exact) mass is 491 g/mol. The second-order valence-corrected chi connectivity index (χ2v) is 6.99. The molecule has 7 heteroatoms. The quantitative estimate of drug-likeness (QED) is 0.310. The van der Waals surface area contributed by atoms with E-state index in [1.54, 1.807) is 20.3 Å². The molecule has 0 bridgehead atoms. The van der Waals surface area contributed by atoms with Gasteiger partial charge in [0.1, 0.15) is 11.5 Å². The Hall–Kier alpha value is -1.22. The number of hydrogen-bond acceptors (Lipinski definition) is 4. The number of hydrogen-bond donors (Lipinski definition) is 3. The molecule has 1 aliphatic carbocycles. The van der Waals surface area contributed by atoms with Gasteiger partial charge in [-0.1, -0.05) is 19.8 Å². The van der Waals surface area contributed by atoms with E-state index >= 15 is 0 Å². The summed E-state index contributed by atoms with van der Waals surface area (Å²) in [6.45, 7) is 5.41. The van der Waals surface area contributed by atoms with Gasteiger partial charge in [0.25, 0.3) is 0 Å². The Morgan fingerprint density at radius 3 is 2.44 bits per heavy atom. The molecule has 1 aromatic rings. The molecule has 0 spiro atoms. The summed E-state index contributed by atoms with van der Waals surface area (Å²) in [6, 6.07) is 5.86. The number of aliphatic hydroxyl groups is 1. The minimum absolute atomic E-state index is 0. The van der Waals surface area contributed by atoms with Gasteiger partial charge in [0, 0.05) is 18.7 Å². The van der Waals surface area contributed by atoms with Gasteiger partial charge < -0.3 is 25.2 Å². The summed E-state index contributed by atoms with van der Waals surface area (Å²) in [5.41, 5.74) is 0.729. The van der Waals surface area contributed by atoms with Gasteiger partial charge in [-0.2, -0.15) is 0 Å². The highest BCUT2D eigenvalue weighted by atomic mass is 127. The predicted molar refractivity (Wildman–Crippen MR) is 120 cm³/mol. The van der Waals surface area contributed by atoms with E-state index in [1.807, 2.05) is 19.1 Å². The van der Waals surface area contributed by atoms with Crippen molar-refractivity contribution in [3.05, 3.63) is 23.8 Å². The van der Waals surface area contributed by atoms with Crippen LogP contribution in [0.4, 0.5) is 0 Å². The number of halogens is 1. The number of aliphatic imine (C=N–C) groups is 1.